The van der Waals surface area contributed by atoms with Crippen LogP contribution in [0.2, 0.25) is 0 Å². The van der Waals surface area contributed by atoms with E-state index >= 15 is 0 Å². The van der Waals surface area contributed by atoms with Crippen LogP contribution in [-0.2, 0) is 0 Å². The molecule has 1 aromatic carbocycles. The maximum atomic E-state index is 9.24. The van der Waals surface area contributed by atoms with E-state index in [-0.39, 0.29) is 11.7 Å². The smallest absolute Gasteiger partial charge is 0.115 e. The maximum absolute atomic E-state index is 9.24. The molecule has 0 radical (unpaired) electrons. The SMILES string of the molecule is NCC(c1ccncc1)c1ccc(O)cc1. The number of pyridine rings is 1. The normalized spacial score (nSPS) is 12.3. The van der Waals surface area contributed by atoms with Crippen molar-refractivity contribution in [2.24, 2.45) is 5.73 Å². The third kappa shape index (κ3) is 2.20. The molecule has 0 spiro atoms. The topological polar surface area (TPSA) is 59.1 Å². The van der Waals surface area contributed by atoms with E-state index in [9.17, 15) is 5.11 Å². The molecule has 82 valence electrons. The molecular weight excluding hydrogens is 200 g/mol. The van der Waals surface area contributed by atoms with Gasteiger partial charge in [-0.25, -0.2) is 0 Å². The van der Waals surface area contributed by atoms with Crippen molar-refractivity contribution in [1.82, 2.24) is 4.98 Å². The molecule has 1 aromatic heterocycles. The third-order valence-corrected chi connectivity index (χ3v) is 2.64. The lowest BCUT2D eigenvalue weighted by Crippen LogP contribution is -2.13. The van der Waals surface area contributed by atoms with Gasteiger partial charge in [-0.05, 0) is 35.4 Å². The van der Waals surface area contributed by atoms with Crippen molar-refractivity contribution < 1.29 is 5.11 Å². The second kappa shape index (κ2) is 4.77. The highest BCUT2D eigenvalue weighted by Gasteiger charge is 2.11. The average Bonchev–Trinajstić information content (AvgIpc) is 2.34. The van der Waals surface area contributed by atoms with Gasteiger partial charge in [0.15, 0.2) is 0 Å². The monoisotopic (exact) mass is 214 g/mol. The Balaban J connectivity index is 2.33. The summed E-state index contributed by atoms with van der Waals surface area (Å²) in [5, 5.41) is 9.24. The summed E-state index contributed by atoms with van der Waals surface area (Å²) in [6, 6.07) is 11.1. The molecule has 3 heteroatoms. The Morgan fingerprint density at radius 3 is 2.12 bits per heavy atom. The van der Waals surface area contributed by atoms with Crippen molar-refractivity contribution in [3.05, 3.63) is 59.9 Å². The zero-order valence-corrected chi connectivity index (χ0v) is 8.88. The summed E-state index contributed by atoms with van der Waals surface area (Å²) in [4.78, 5) is 3.99. The second-order valence-corrected chi connectivity index (χ2v) is 3.66. The predicted octanol–water partition coefficient (Wildman–Crippen LogP) is 1.88. The van der Waals surface area contributed by atoms with Gasteiger partial charge in [-0.2, -0.15) is 0 Å². The van der Waals surface area contributed by atoms with Gasteiger partial charge >= 0.3 is 0 Å². The minimum absolute atomic E-state index is 0.156. The summed E-state index contributed by atoms with van der Waals surface area (Å²) in [5.74, 6) is 0.429. The minimum atomic E-state index is 0.156. The number of nitrogens with zero attached hydrogens (tertiary/aromatic N) is 1. The number of phenols is 1. The van der Waals surface area contributed by atoms with Crippen LogP contribution in [0.25, 0.3) is 0 Å². The Bertz CT molecular complexity index is 439. The molecule has 0 aliphatic rings. The van der Waals surface area contributed by atoms with Crippen LogP contribution in [0.3, 0.4) is 0 Å². The molecule has 16 heavy (non-hydrogen) atoms. The van der Waals surface area contributed by atoms with Gasteiger partial charge in [0.25, 0.3) is 0 Å². The summed E-state index contributed by atoms with van der Waals surface area (Å²) in [6.45, 7) is 0.536. The van der Waals surface area contributed by atoms with E-state index in [1.165, 1.54) is 0 Å². The molecule has 0 aliphatic heterocycles. The van der Waals surface area contributed by atoms with Gasteiger partial charge in [-0.3, -0.25) is 4.98 Å². The average molecular weight is 214 g/mol. The zero-order chi connectivity index (χ0) is 11.4. The van der Waals surface area contributed by atoms with Crippen LogP contribution in [0.5, 0.6) is 5.75 Å². The molecule has 0 saturated carbocycles. The van der Waals surface area contributed by atoms with Crippen LogP contribution < -0.4 is 5.73 Å². The lowest BCUT2D eigenvalue weighted by atomic mass is 9.92. The quantitative estimate of drug-likeness (QED) is 0.820. The van der Waals surface area contributed by atoms with E-state index in [4.69, 9.17) is 5.73 Å². The highest BCUT2D eigenvalue weighted by molar-refractivity contribution is 5.35. The Morgan fingerprint density at radius 1 is 1.00 bits per heavy atom. The summed E-state index contributed by atoms with van der Waals surface area (Å²) in [7, 11) is 0. The fraction of sp³-hybridized carbons (Fsp3) is 0.154. The first-order chi connectivity index (χ1) is 7.81. The van der Waals surface area contributed by atoms with Gasteiger partial charge in [0.2, 0.25) is 0 Å². The number of rotatable bonds is 3. The molecule has 2 rings (SSSR count). The van der Waals surface area contributed by atoms with E-state index in [1.54, 1.807) is 24.5 Å². The van der Waals surface area contributed by atoms with E-state index in [1.807, 2.05) is 24.3 Å². The Morgan fingerprint density at radius 2 is 1.56 bits per heavy atom. The van der Waals surface area contributed by atoms with Crippen molar-refractivity contribution >= 4 is 0 Å². The van der Waals surface area contributed by atoms with Gasteiger partial charge < -0.3 is 10.8 Å². The van der Waals surface area contributed by atoms with Crippen LogP contribution in [-0.4, -0.2) is 16.6 Å². The number of benzene rings is 1. The van der Waals surface area contributed by atoms with Gasteiger partial charge in [0, 0.05) is 24.9 Å². The predicted molar refractivity (Wildman–Crippen MR) is 63.2 cm³/mol. The fourth-order valence-electron chi connectivity index (χ4n) is 1.77. The first kappa shape index (κ1) is 10.6. The van der Waals surface area contributed by atoms with Crippen LogP contribution in [0, 0.1) is 0 Å². The largest absolute Gasteiger partial charge is 0.508 e. The lowest BCUT2D eigenvalue weighted by molar-refractivity contribution is 0.475. The number of aromatic hydroxyl groups is 1. The number of hydrogen-bond acceptors (Lipinski definition) is 3. The van der Waals surface area contributed by atoms with Crippen LogP contribution >= 0.6 is 0 Å². The molecule has 0 saturated heterocycles. The number of aromatic nitrogens is 1. The van der Waals surface area contributed by atoms with Gasteiger partial charge in [0.1, 0.15) is 5.75 Å². The van der Waals surface area contributed by atoms with Gasteiger partial charge in [-0.15, -0.1) is 0 Å². The minimum Gasteiger partial charge on any atom is -0.508 e. The van der Waals surface area contributed by atoms with Crippen molar-refractivity contribution in [2.45, 2.75) is 5.92 Å². The van der Waals surface area contributed by atoms with Crippen LogP contribution in [0.1, 0.15) is 17.0 Å². The molecule has 0 amide bonds. The highest BCUT2D eigenvalue weighted by Crippen LogP contribution is 2.24. The van der Waals surface area contributed by atoms with Crippen LogP contribution in [0.15, 0.2) is 48.8 Å². The van der Waals surface area contributed by atoms with E-state index in [0.29, 0.717) is 6.54 Å². The number of hydrogen-bond donors (Lipinski definition) is 2. The summed E-state index contributed by atoms with van der Waals surface area (Å²) < 4.78 is 0. The van der Waals surface area contributed by atoms with Crippen molar-refractivity contribution in [3.63, 3.8) is 0 Å². The van der Waals surface area contributed by atoms with E-state index in [2.05, 4.69) is 4.98 Å². The summed E-state index contributed by atoms with van der Waals surface area (Å²) in [6.07, 6.45) is 3.52. The van der Waals surface area contributed by atoms with Crippen LogP contribution in [0.4, 0.5) is 0 Å². The molecule has 0 aliphatic carbocycles. The molecule has 0 bridgehead atoms. The van der Waals surface area contributed by atoms with Crippen molar-refractivity contribution in [3.8, 4) is 5.75 Å². The second-order valence-electron chi connectivity index (χ2n) is 3.66. The van der Waals surface area contributed by atoms with E-state index < -0.39 is 0 Å². The molecule has 0 fully saturated rings. The Hall–Kier alpha value is -1.87. The zero-order valence-electron chi connectivity index (χ0n) is 8.88. The number of phenolic OH excluding ortho intramolecular Hbond substituents is 1. The lowest BCUT2D eigenvalue weighted by Gasteiger charge is -2.15. The number of nitrogens with two attached hydrogens (primary N) is 1. The molecule has 1 heterocycles. The maximum Gasteiger partial charge on any atom is 0.115 e. The van der Waals surface area contributed by atoms with Crippen molar-refractivity contribution in [1.29, 1.82) is 0 Å². The van der Waals surface area contributed by atoms with E-state index in [0.717, 1.165) is 11.1 Å². The summed E-state index contributed by atoms with van der Waals surface area (Å²) >= 11 is 0. The highest BCUT2D eigenvalue weighted by atomic mass is 16.3. The molecule has 1 atom stereocenters. The Kier molecular flexibility index (Phi) is 3.17. The van der Waals surface area contributed by atoms with Gasteiger partial charge in [0.05, 0.1) is 0 Å². The molecule has 1 unspecified atom stereocenters. The van der Waals surface area contributed by atoms with Crippen molar-refractivity contribution in [2.75, 3.05) is 6.54 Å². The molecule has 2 aromatic rings. The summed E-state index contributed by atoms with van der Waals surface area (Å²) in [5.41, 5.74) is 8.04. The first-order valence-electron chi connectivity index (χ1n) is 5.20. The fourth-order valence-corrected chi connectivity index (χ4v) is 1.77. The molecule has 3 N–H and O–H groups in total. The molecule has 3 nitrogen and oxygen atoms in total. The standard InChI is InChI=1S/C13H14N2O/c14-9-13(11-5-7-15-8-6-11)10-1-3-12(16)4-2-10/h1-8,13,16H,9,14H2. The molecular formula is C13H14N2O. The van der Waals surface area contributed by atoms with Gasteiger partial charge in [-0.1, -0.05) is 12.1 Å². The third-order valence-electron chi connectivity index (χ3n) is 2.64. The Labute approximate surface area is 94.6 Å². The first-order valence-corrected chi connectivity index (χ1v) is 5.20.